The third-order valence-corrected chi connectivity index (χ3v) is 5.65. The zero-order chi connectivity index (χ0) is 15.9. The van der Waals surface area contributed by atoms with Crippen molar-refractivity contribution in [2.75, 3.05) is 0 Å². The Balaban J connectivity index is 1.35. The second kappa shape index (κ2) is 5.62. The van der Waals surface area contributed by atoms with Gasteiger partial charge in [0.15, 0.2) is 0 Å². The van der Waals surface area contributed by atoms with E-state index in [0.717, 1.165) is 37.0 Å². The Morgan fingerprint density at radius 2 is 1.83 bits per heavy atom. The van der Waals surface area contributed by atoms with Crippen LogP contribution >= 0.6 is 0 Å². The molecule has 23 heavy (non-hydrogen) atoms. The van der Waals surface area contributed by atoms with Crippen LogP contribution in [0.25, 0.3) is 0 Å². The van der Waals surface area contributed by atoms with E-state index < -0.39 is 0 Å². The summed E-state index contributed by atoms with van der Waals surface area (Å²) in [6, 6.07) is 5.86. The van der Waals surface area contributed by atoms with Crippen LogP contribution in [-0.2, 0) is 0 Å². The maximum atomic E-state index is 13.1. The largest absolute Gasteiger partial charge is 0.335 e. The molecule has 4 aliphatic carbocycles. The number of carbonyl (C=O) groups excluding carboxylic acids is 1. The van der Waals surface area contributed by atoms with E-state index in [2.05, 4.69) is 15.8 Å². The van der Waals surface area contributed by atoms with Gasteiger partial charge >= 0.3 is 6.03 Å². The van der Waals surface area contributed by atoms with Gasteiger partial charge in [-0.3, -0.25) is 0 Å². The first-order valence-electron chi connectivity index (χ1n) is 8.47. The lowest BCUT2D eigenvalue weighted by Crippen LogP contribution is -2.61. The number of rotatable bonds is 3. The summed E-state index contributed by atoms with van der Waals surface area (Å²) < 4.78 is 13.1. The fourth-order valence-electron chi connectivity index (χ4n) is 5.28. The van der Waals surface area contributed by atoms with Crippen molar-refractivity contribution in [1.29, 1.82) is 0 Å². The molecule has 0 atom stereocenters. The van der Waals surface area contributed by atoms with Crippen LogP contribution in [0.2, 0.25) is 0 Å². The Labute approximate surface area is 135 Å². The molecule has 4 bridgehead atoms. The van der Waals surface area contributed by atoms with Gasteiger partial charge in [0.1, 0.15) is 5.82 Å². The maximum Gasteiger partial charge on any atom is 0.335 e. The van der Waals surface area contributed by atoms with E-state index in [1.165, 1.54) is 37.6 Å². The molecule has 0 unspecified atom stereocenters. The number of hydrazone groups is 1. The highest BCUT2D eigenvalue weighted by Gasteiger charge is 2.51. The normalized spacial score (nSPS) is 34.7. The summed E-state index contributed by atoms with van der Waals surface area (Å²) >= 11 is 0. The molecule has 0 radical (unpaired) electrons. The van der Waals surface area contributed by atoms with Crippen LogP contribution in [0.15, 0.2) is 29.4 Å². The molecule has 4 aliphatic rings. The summed E-state index contributed by atoms with van der Waals surface area (Å²) in [4.78, 5) is 12.2. The van der Waals surface area contributed by atoms with Gasteiger partial charge in [-0.1, -0.05) is 12.1 Å². The first kappa shape index (κ1) is 14.7. The summed E-state index contributed by atoms with van der Waals surface area (Å²) in [5.41, 5.74) is 3.13. The molecule has 0 saturated heterocycles. The number of nitrogens with zero attached hydrogens (tertiary/aromatic N) is 1. The molecule has 2 N–H and O–H groups in total. The van der Waals surface area contributed by atoms with Crippen molar-refractivity contribution in [1.82, 2.24) is 10.7 Å². The molecule has 2 amide bonds. The lowest BCUT2D eigenvalue weighted by molar-refractivity contribution is -0.0135. The molecule has 5 rings (SSSR count). The molecule has 122 valence electrons. The molecular weight excluding hydrogens is 293 g/mol. The van der Waals surface area contributed by atoms with Crippen LogP contribution < -0.4 is 10.7 Å². The van der Waals surface area contributed by atoms with Gasteiger partial charge in [-0.2, -0.15) is 5.10 Å². The van der Waals surface area contributed by atoms with Crippen LogP contribution in [0.3, 0.4) is 0 Å². The van der Waals surface area contributed by atoms with E-state index in [1.54, 1.807) is 12.1 Å². The standard InChI is InChI=1S/C18H22FN3O/c19-16-3-1-2-12(7-16)11-20-22-17(23)21-18-8-13-4-14(9-18)6-15(5-13)10-18/h1-3,7,11,13-15H,4-6,8-10H2,(H2,21,22,23)/b20-11+. The Morgan fingerprint density at radius 3 is 2.43 bits per heavy atom. The van der Waals surface area contributed by atoms with E-state index >= 15 is 0 Å². The van der Waals surface area contributed by atoms with Crippen LogP contribution in [0.5, 0.6) is 0 Å². The number of nitrogens with one attached hydrogen (secondary N) is 2. The number of hydrogen-bond donors (Lipinski definition) is 2. The van der Waals surface area contributed by atoms with Gasteiger partial charge in [0.2, 0.25) is 0 Å². The molecule has 0 heterocycles. The average Bonchev–Trinajstić information content (AvgIpc) is 2.45. The number of benzene rings is 1. The zero-order valence-electron chi connectivity index (χ0n) is 13.1. The average molecular weight is 315 g/mol. The van der Waals surface area contributed by atoms with Gasteiger partial charge in [0, 0.05) is 5.54 Å². The number of hydrogen-bond acceptors (Lipinski definition) is 2. The molecule has 0 spiro atoms. The quantitative estimate of drug-likeness (QED) is 0.651. The van der Waals surface area contributed by atoms with Gasteiger partial charge < -0.3 is 5.32 Å². The maximum absolute atomic E-state index is 13.1. The highest BCUT2D eigenvalue weighted by atomic mass is 19.1. The second-order valence-electron chi connectivity index (χ2n) is 7.58. The molecule has 4 saturated carbocycles. The Bertz CT molecular complexity index is 608. The summed E-state index contributed by atoms with van der Waals surface area (Å²) in [6.45, 7) is 0. The second-order valence-corrected chi connectivity index (χ2v) is 7.58. The van der Waals surface area contributed by atoms with Crippen LogP contribution in [-0.4, -0.2) is 17.8 Å². The highest BCUT2D eigenvalue weighted by Crippen LogP contribution is 2.55. The van der Waals surface area contributed by atoms with Gasteiger partial charge in [0.05, 0.1) is 6.21 Å². The topological polar surface area (TPSA) is 53.5 Å². The summed E-state index contributed by atoms with van der Waals surface area (Å²) in [5.74, 6) is 2.05. The smallest absolute Gasteiger partial charge is 0.331 e. The Kier molecular flexibility index (Phi) is 3.58. The van der Waals surface area contributed by atoms with Crippen LogP contribution in [0.4, 0.5) is 9.18 Å². The van der Waals surface area contributed by atoms with Crippen molar-refractivity contribution in [2.45, 2.75) is 44.1 Å². The number of halogens is 1. The zero-order valence-corrected chi connectivity index (χ0v) is 13.1. The van der Waals surface area contributed by atoms with Gasteiger partial charge in [-0.25, -0.2) is 14.6 Å². The lowest BCUT2D eigenvalue weighted by Gasteiger charge is -2.56. The molecule has 4 nitrogen and oxygen atoms in total. The highest BCUT2D eigenvalue weighted by molar-refractivity contribution is 5.82. The fraction of sp³-hybridized carbons (Fsp3) is 0.556. The third-order valence-electron chi connectivity index (χ3n) is 5.65. The number of carbonyl (C=O) groups is 1. The number of amides is 2. The molecule has 1 aromatic carbocycles. The molecule has 0 aromatic heterocycles. The summed E-state index contributed by atoms with van der Waals surface area (Å²) in [5, 5.41) is 7.11. The van der Waals surface area contributed by atoms with E-state index in [9.17, 15) is 9.18 Å². The van der Waals surface area contributed by atoms with E-state index in [-0.39, 0.29) is 17.4 Å². The Hall–Kier alpha value is -1.91. The van der Waals surface area contributed by atoms with E-state index in [4.69, 9.17) is 0 Å². The molecule has 4 fully saturated rings. The third kappa shape index (κ3) is 3.09. The molecule has 1 aromatic rings. The fourth-order valence-corrected chi connectivity index (χ4v) is 5.28. The lowest BCUT2D eigenvalue weighted by atomic mass is 9.53. The van der Waals surface area contributed by atoms with Crippen LogP contribution in [0, 0.1) is 23.6 Å². The summed E-state index contributed by atoms with van der Waals surface area (Å²) in [6.07, 6.45) is 8.84. The van der Waals surface area contributed by atoms with Crippen molar-refractivity contribution in [3.05, 3.63) is 35.6 Å². The van der Waals surface area contributed by atoms with Crippen LogP contribution in [0.1, 0.15) is 44.1 Å². The first-order chi connectivity index (χ1) is 11.1. The Morgan fingerprint density at radius 1 is 1.17 bits per heavy atom. The SMILES string of the molecule is O=C(N/N=C/c1cccc(F)c1)NC12CC3CC(CC(C3)C1)C2. The minimum Gasteiger partial charge on any atom is -0.331 e. The van der Waals surface area contributed by atoms with Crippen molar-refractivity contribution < 1.29 is 9.18 Å². The van der Waals surface area contributed by atoms with E-state index in [0.29, 0.717) is 5.56 Å². The van der Waals surface area contributed by atoms with Gasteiger partial charge in [-0.05, 0) is 74.0 Å². The predicted octanol–water partition coefficient (Wildman–Crippen LogP) is 3.43. The minimum atomic E-state index is -0.313. The van der Waals surface area contributed by atoms with Crippen molar-refractivity contribution in [2.24, 2.45) is 22.9 Å². The van der Waals surface area contributed by atoms with Crippen molar-refractivity contribution in [3.8, 4) is 0 Å². The summed E-state index contributed by atoms with van der Waals surface area (Å²) in [7, 11) is 0. The van der Waals surface area contributed by atoms with Crippen molar-refractivity contribution >= 4 is 12.2 Å². The molecule has 5 heteroatoms. The first-order valence-corrected chi connectivity index (χ1v) is 8.47. The van der Waals surface area contributed by atoms with Crippen molar-refractivity contribution in [3.63, 3.8) is 0 Å². The minimum absolute atomic E-state index is 0.0206. The molecule has 0 aliphatic heterocycles. The van der Waals surface area contributed by atoms with Gasteiger partial charge in [0.25, 0.3) is 0 Å². The number of urea groups is 1. The van der Waals surface area contributed by atoms with Gasteiger partial charge in [-0.15, -0.1) is 0 Å². The van der Waals surface area contributed by atoms with E-state index in [1.807, 2.05) is 0 Å². The monoisotopic (exact) mass is 315 g/mol. The predicted molar refractivity (Wildman–Crippen MR) is 86.6 cm³/mol. The molecular formula is C18H22FN3O.